The van der Waals surface area contributed by atoms with E-state index in [-0.39, 0.29) is 30.1 Å². The molecule has 0 radical (unpaired) electrons. The summed E-state index contributed by atoms with van der Waals surface area (Å²) in [5, 5.41) is 21.0. The van der Waals surface area contributed by atoms with Gasteiger partial charge in [0, 0.05) is 66.6 Å². The second kappa shape index (κ2) is 7.24. The van der Waals surface area contributed by atoms with E-state index in [1.165, 1.54) is 15.0 Å². The number of nitrogens with zero attached hydrogens (tertiary/aromatic N) is 5. The van der Waals surface area contributed by atoms with Gasteiger partial charge >= 0.3 is 0 Å². The number of hydrogen-bond donors (Lipinski definition) is 1. The van der Waals surface area contributed by atoms with Gasteiger partial charge in [-0.3, -0.25) is 4.90 Å². The van der Waals surface area contributed by atoms with E-state index < -0.39 is 0 Å². The number of rotatable bonds is 4. The van der Waals surface area contributed by atoms with E-state index in [4.69, 9.17) is 4.74 Å². The molecule has 3 fully saturated rings. The number of fused-ring (bicyclic) bond motifs is 2. The van der Waals surface area contributed by atoms with Gasteiger partial charge in [-0.25, -0.2) is 9.97 Å². The van der Waals surface area contributed by atoms with Crippen molar-refractivity contribution in [1.29, 1.82) is 5.26 Å². The van der Waals surface area contributed by atoms with Crippen molar-refractivity contribution in [3.8, 4) is 6.07 Å². The maximum atomic E-state index is 10.2. The lowest BCUT2D eigenvalue weighted by Crippen LogP contribution is -2.54. The molecule has 1 aromatic carbocycles. The van der Waals surface area contributed by atoms with E-state index in [1.807, 2.05) is 11.3 Å². The third-order valence-electron chi connectivity index (χ3n) is 7.01. The molecule has 3 aliphatic heterocycles. The molecule has 4 atom stereocenters. The Morgan fingerprint density at radius 3 is 2.94 bits per heavy atom. The molecule has 7 nitrogen and oxygen atoms in total. The number of aliphatic hydroxyl groups is 1. The van der Waals surface area contributed by atoms with Crippen LogP contribution in [0, 0.1) is 23.2 Å². The largest absolute Gasteiger partial charge is 0.396 e. The monoisotopic (exact) mass is 433 g/mol. The molecule has 31 heavy (non-hydrogen) atoms. The lowest BCUT2D eigenvalue weighted by molar-refractivity contribution is -0.0647. The molecule has 2 bridgehead atoms. The summed E-state index contributed by atoms with van der Waals surface area (Å²) in [6, 6.07) is 12.9. The number of nitriles is 1. The quantitative estimate of drug-likeness (QED) is 0.675. The summed E-state index contributed by atoms with van der Waals surface area (Å²) >= 11 is 1.85. The number of likely N-dealkylation sites (tertiary alicyclic amines) is 1. The fourth-order valence-electron chi connectivity index (χ4n) is 5.79. The summed E-state index contributed by atoms with van der Waals surface area (Å²) in [6.45, 7) is 4.03. The zero-order valence-corrected chi connectivity index (χ0v) is 17.8. The van der Waals surface area contributed by atoms with Crippen molar-refractivity contribution in [3.63, 3.8) is 0 Å². The number of aromatic nitrogens is 2. The van der Waals surface area contributed by atoms with E-state index in [1.54, 1.807) is 12.4 Å². The first-order valence-electron chi connectivity index (χ1n) is 10.6. The summed E-state index contributed by atoms with van der Waals surface area (Å²) < 4.78 is 7.91. The van der Waals surface area contributed by atoms with Crippen LogP contribution in [0.2, 0.25) is 0 Å². The van der Waals surface area contributed by atoms with Gasteiger partial charge in [-0.05, 0) is 17.5 Å². The molecule has 0 unspecified atom stereocenters. The molecule has 3 saturated heterocycles. The lowest BCUT2D eigenvalue weighted by atomic mass is 9.83. The predicted octanol–water partition coefficient (Wildman–Crippen LogP) is 2.26. The second-order valence-electron chi connectivity index (χ2n) is 8.82. The molecule has 8 heteroatoms. The molecule has 6 rings (SSSR count). The fourth-order valence-corrected chi connectivity index (χ4v) is 6.89. The highest BCUT2D eigenvalue weighted by molar-refractivity contribution is 7.19. The average molecular weight is 434 g/mol. The van der Waals surface area contributed by atoms with Gasteiger partial charge in [-0.1, -0.05) is 18.2 Å². The van der Waals surface area contributed by atoms with Crippen LogP contribution in [0.4, 0.5) is 5.82 Å². The predicted molar refractivity (Wildman–Crippen MR) is 118 cm³/mol. The highest BCUT2D eigenvalue weighted by atomic mass is 32.1. The Bertz CT molecular complexity index is 1140. The van der Waals surface area contributed by atoms with Crippen LogP contribution in [0.1, 0.15) is 10.6 Å². The Hall–Kier alpha value is -2.57. The van der Waals surface area contributed by atoms with Crippen LogP contribution in [-0.2, 0) is 11.3 Å². The third kappa shape index (κ3) is 3.04. The van der Waals surface area contributed by atoms with E-state index in [2.05, 4.69) is 56.2 Å². The summed E-state index contributed by atoms with van der Waals surface area (Å²) in [6.07, 6.45) is 3.13. The van der Waals surface area contributed by atoms with Gasteiger partial charge in [0.25, 0.3) is 0 Å². The summed E-state index contributed by atoms with van der Waals surface area (Å²) in [4.78, 5) is 14.6. The Kier molecular flexibility index (Phi) is 4.47. The number of benzene rings is 1. The van der Waals surface area contributed by atoms with Gasteiger partial charge in [-0.2, -0.15) is 5.26 Å². The average Bonchev–Trinajstić information content (AvgIpc) is 3.40. The second-order valence-corrected chi connectivity index (χ2v) is 9.98. The summed E-state index contributed by atoms with van der Waals surface area (Å²) in [5.41, 5.74) is -0.00512. The van der Waals surface area contributed by atoms with E-state index in [0.717, 1.165) is 19.6 Å². The van der Waals surface area contributed by atoms with Crippen LogP contribution in [0.15, 0.2) is 42.7 Å². The van der Waals surface area contributed by atoms with E-state index >= 15 is 0 Å². The number of ether oxygens (including phenoxy) is 1. The summed E-state index contributed by atoms with van der Waals surface area (Å²) in [7, 11) is 0. The van der Waals surface area contributed by atoms with Gasteiger partial charge in [0.05, 0.1) is 12.6 Å². The molecule has 3 aliphatic rings. The smallest absolute Gasteiger partial charge is 0.183 e. The highest BCUT2D eigenvalue weighted by Crippen LogP contribution is 2.50. The molecule has 2 aromatic heterocycles. The van der Waals surface area contributed by atoms with Gasteiger partial charge in [0.2, 0.25) is 0 Å². The van der Waals surface area contributed by atoms with Crippen molar-refractivity contribution in [1.82, 2.24) is 14.9 Å². The Labute approximate surface area is 184 Å². The minimum Gasteiger partial charge on any atom is -0.396 e. The van der Waals surface area contributed by atoms with Crippen LogP contribution in [0.25, 0.3) is 10.1 Å². The molecule has 5 heterocycles. The molecule has 0 amide bonds. The first-order valence-corrected chi connectivity index (χ1v) is 11.5. The normalized spacial score (nSPS) is 29.9. The SMILES string of the molecule is N#Cc1nccnc1N1C[C@H]2O[C@@]3(CN(Cc4cc5ccccc5s4)C[C@@H]3[C@@H]2CO)C1. The maximum Gasteiger partial charge on any atom is 0.183 e. The molecular formula is C23H23N5O2S. The minimum absolute atomic E-state index is 0.0521. The maximum absolute atomic E-state index is 10.2. The van der Waals surface area contributed by atoms with Gasteiger partial charge in [0.1, 0.15) is 11.7 Å². The van der Waals surface area contributed by atoms with Crippen LogP contribution in [0.3, 0.4) is 0 Å². The van der Waals surface area contributed by atoms with Crippen molar-refractivity contribution in [2.75, 3.05) is 37.7 Å². The van der Waals surface area contributed by atoms with Crippen LogP contribution in [0.5, 0.6) is 0 Å². The van der Waals surface area contributed by atoms with Crippen LogP contribution >= 0.6 is 11.3 Å². The molecule has 0 saturated carbocycles. The number of anilines is 1. The first-order chi connectivity index (χ1) is 15.2. The molecule has 158 valence electrons. The van der Waals surface area contributed by atoms with Gasteiger partial charge in [0.15, 0.2) is 11.5 Å². The van der Waals surface area contributed by atoms with E-state index in [9.17, 15) is 10.4 Å². The van der Waals surface area contributed by atoms with Gasteiger partial charge < -0.3 is 14.7 Å². The Morgan fingerprint density at radius 2 is 2.10 bits per heavy atom. The molecule has 1 N–H and O–H groups in total. The van der Waals surface area contributed by atoms with Crippen molar-refractivity contribution < 1.29 is 9.84 Å². The number of aliphatic hydroxyl groups excluding tert-OH is 1. The van der Waals surface area contributed by atoms with Crippen LogP contribution < -0.4 is 4.90 Å². The lowest BCUT2D eigenvalue weighted by Gasteiger charge is -2.41. The molecule has 1 spiro atoms. The highest BCUT2D eigenvalue weighted by Gasteiger charge is 2.62. The Balaban J connectivity index is 1.28. The van der Waals surface area contributed by atoms with Crippen LogP contribution in [-0.4, -0.2) is 64.5 Å². The van der Waals surface area contributed by atoms with Crippen molar-refractivity contribution in [3.05, 3.63) is 53.3 Å². The third-order valence-corrected chi connectivity index (χ3v) is 8.11. The number of hydrogen-bond acceptors (Lipinski definition) is 8. The fraction of sp³-hybridized carbons (Fsp3) is 0.435. The van der Waals surface area contributed by atoms with Gasteiger partial charge in [-0.15, -0.1) is 11.3 Å². The van der Waals surface area contributed by atoms with Crippen molar-refractivity contribution >= 4 is 27.2 Å². The van der Waals surface area contributed by atoms with Crippen molar-refractivity contribution in [2.24, 2.45) is 11.8 Å². The molecule has 3 aromatic rings. The molecular weight excluding hydrogens is 410 g/mol. The number of thiophene rings is 1. The van der Waals surface area contributed by atoms with Crippen molar-refractivity contribution in [2.45, 2.75) is 18.2 Å². The zero-order chi connectivity index (χ0) is 21.0. The summed E-state index contributed by atoms with van der Waals surface area (Å²) in [5.74, 6) is 0.988. The standard InChI is InChI=1S/C23H23N5O2S/c24-8-19-22(26-6-5-25-19)28-11-20-17(12-29)18-10-27(13-23(18,14-28)30-20)9-16-7-15-3-1-2-4-21(15)31-16/h1-7,17-18,20,29H,9-14H2/t17-,18+,20+,23-/m0/s1. The first kappa shape index (κ1) is 19.1. The zero-order valence-electron chi connectivity index (χ0n) is 17.0. The molecule has 0 aliphatic carbocycles. The topological polar surface area (TPSA) is 85.5 Å². The minimum atomic E-state index is -0.350. The van der Waals surface area contributed by atoms with E-state index in [0.29, 0.717) is 24.6 Å². The Morgan fingerprint density at radius 1 is 1.23 bits per heavy atom. The number of morpholine rings is 1.